The second kappa shape index (κ2) is 11.1. The van der Waals surface area contributed by atoms with Crippen molar-refractivity contribution < 1.29 is 4.74 Å². The molecule has 0 amide bonds. The normalized spacial score (nSPS) is 11.5. The molecule has 0 aromatic heterocycles. The van der Waals surface area contributed by atoms with Gasteiger partial charge in [-0.3, -0.25) is 0 Å². The van der Waals surface area contributed by atoms with Gasteiger partial charge in [0.1, 0.15) is 5.75 Å². The minimum atomic E-state index is 0.805. The van der Waals surface area contributed by atoms with Crippen molar-refractivity contribution in [1.82, 2.24) is 4.90 Å². The third kappa shape index (κ3) is 5.72. The molecule has 0 radical (unpaired) electrons. The van der Waals surface area contributed by atoms with Crippen LogP contribution in [0.3, 0.4) is 0 Å². The summed E-state index contributed by atoms with van der Waals surface area (Å²) in [7, 11) is 2.21. The van der Waals surface area contributed by atoms with Gasteiger partial charge in [-0.05, 0) is 49.8 Å². The van der Waals surface area contributed by atoms with Crippen molar-refractivity contribution in [3.63, 3.8) is 0 Å². The van der Waals surface area contributed by atoms with Gasteiger partial charge in [0.15, 0.2) is 0 Å². The first-order valence-corrected chi connectivity index (χ1v) is 11.0. The summed E-state index contributed by atoms with van der Waals surface area (Å²) in [6.45, 7) is 5.43. The molecule has 2 heteroatoms. The number of unbranched alkanes of at least 4 members (excludes halogenated alkanes) is 6. The van der Waals surface area contributed by atoms with Crippen molar-refractivity contribution in [3.05, 3.63) is 54.6 Å². The van der Waals surface area contributed by atoms with Gasteiger partial charge in [0.2, 0.25) is 0 Å². The fourth-order valence-electron chi connectivity index (χ4n) is 3.83. The first-order valence-electron chi connectivity index (χ1n) is 11.0. The smallest absolute Gasteiger partial charge is 0.134 e. The predicted molar refractivity (Wildman–Crippen MR) is 122 cm³/mol. The third-order valence-electron chi connectivity index (χ3n) is 5.69. The van der Waals surface area contributed by atoms with E-state index >= 15 is 0 Å². The number of rotatable bonds is 12. The highest BCUT2D eigenvalue weighted by atomic mass is 16.5. The Kier molecular flexibility index (Phi) is 8.17. The molecule has 0 spiro atoms. The monoisotopic (exact) mass is 377 g/mol. The Bertz CT molecular complexity index is 803. The van der Waals surface area contributed by atoms with Gasteiger partial charge in [-0.1, -0.05) is 87.6 Å². The lowest BCUT2D eigenvalue weighted by Gasteiger charge is -2.13. The molecule has 0 bridgehead atoms. The summed E-state index contributed by atoms with van der Waals surface area (Å²) in [5.74, 6) is 1.05. The van der Waals surface area contributed by atoms with Gasteiger partial charge >= 0.3 is 0 Å². The van der Waals surface area contributed by atoms with Crippen LogP contribution in [-0.2, 0) is 0 Å². The first kappa shape index (κ1) is 20.7. The lowest BCUT2D eigenvalue weighted by molar-refractivity contribution is 0.310. The highest BCUT2D eigenvalue weighted by Crippen LogP contribution is 2.34. The summed E-state index contributed by atoms with van der Waals surface area (Å²) in [5.41, 5.74) is 0. The Balaban J connectivity index is 1.43. The maximum atomic E-state index is 6.31. The van der Waals surface area contributed by atoms with Crippen LogP contribution in [0, 0.1) is 0 Å². The van der Waals surface area contributed by atoms with Gasteiger partial charge in [-0.15, -0.1) is 0 Å². The van der Waals surface area contributed by atoms with Crippen LogP contribution in [0.1, 0.15) is 51.9 Å². The van der Waals surface area contributed by atoms with E-state index in [2.05, 4.69) is 73.5 Å². The highest BCUT2D eigenvalue weighted by molar-refractivity contribution is 6.05. The van der Waals surface area contributed by atoms with Crippen molar-refractivity contribution in [2.75, 3.05) is 26.7 Å². The third-order valence-corrected chi connectivity index (χ3v) is 5.69. The number of hydrogen-bond acceptors (Lipinski definition) is 2. The zero-order valence-electron chi connectivity index (χ0n) is 17.6. The molecule has 0 heterocycles. The van der Waals surface area contributed by atoms with E-state index in [4.69, 9.17) is 4.74 Å². The van der Waals surface area contributed by atoms with Crippen LogP contribution in [0.15, 0.2) is 54.6 Å². The van der Waals surface area contributed by atoms with E-state index in [0.29, 0.717) is 0 Å². The molecule has 3 aromatic carbocycles. The van der Waals surface area contributed by atoms with E-state index in [9.17, 15) is 0 Å². The standard InChI is InChI=1S/C26H35NO/c1-3-27(2)19-13-7-5-4-6-8-14-20-28-26-24-17-11-9-15-22(24)21-23-16-10-12-18-25(23)26/h9-12,15-18,21H,3-8,13-14,19-20H2,1-2H3. The van der Waals surface area contributed by atoms with Crippen molar-refractivity contribution in [3.8, 4) is 5.75 Å². The number of hydrogen-bond donors (Lipinski definition) is 0. The quantitative estimate of drug-likeness (QED) is 0.247. The van der Waals surface area contributed by atoms with Crippen molar-refractivity contribution in [2.45, 2.75) is 51.9 Å². The highest BCUT2D eigenvalue weighted by Gasteiger charge is 2.08. The Morgan fingerprint density at radius 1 is 0.714 bits per heavy atom. The van der Waals surface area contributed by atoms with E-state index in [1.807, 2.05) is 0 Å². The summed E-state index contributed by atoms with van der Waals surface area (Å²) in [6, 6.07) is 19.3. The topological polar surface area (TPSA) is 12.5 Å². The minimum absolute atomic E-state index is 0.805. The fraction of sp³-hybridized carbons (Fsp3) is 0.462. The molecule has 0 atom stereocenters. The molecule has 0 saturated carbocycles. The second-order valence-electron chi connectivity index (χ2n) is 7.87. The lowest BCUT2D eigenvalue weighted by atomic mass is 10.0. The second-order valence-corrected chi connectivity index (χ2v) is 7.87. The van der Waals surface area contributed by atoms with Crippen LogP contribution < -0.4 is 4.74 Å². The molecule has 0 fully saturated rings. The van der Waals surface area contributed by atoms with E-state index in [0.717, 1.165) is 25.3 Å². The van der Waals surface area contributed by atoms with E-state index < -0.39 is 0 Å². The summed E-state index contributed by atoms with van der Waals surface area (Å²) < 4.78 is 6.31. The fourth-order valence-corrected chi connectivity index (χ4v) is 3.83. The molecule has 28 heavy (non-hydrogen) atoms. The van der Waals surface area contributed by atoms with Crippen LogP contribution in [0.4, 0.5) is 0 Å². The van der Waals surface area contributed by atoms with Crippen LogP contribution in [0.25, 0.3) is 21.5 Å². The first-order chi connectivity index (χ1) is 13.8. The zero-order chi connectivity index (χ0) is 19.6. The number of fused-ring (bicyclic) bond motifs is 2. The Morgan fingerprint density at radius 2 is 1.25 bits per heavy atom. The number of nitrogens with zero attached hydrogens (tertiary/aromatic N) is 1. The summed E-state index contributed by atoms with van der Waals surface area (Å²) in [6.07, 6.45) is 9.14. The SMILES string of the molecule is CCN(C)CCCCCCCCCOc1c2ccccc2cc2ccccc12. The van der Waals surface area contributed by atoms with Crippen molar-refractivity contribution in [1.29, 1.82) is 0 Å². The molecule has 3 rings (SSSR count). The van der Waals surface area contributed by atoms with E-state index in [1.54, 1.807) is 0 Å². The van der Waals surface area contributed by atoms with Gasteiger partial charge in [-0.2, -0.15) is 0 Å². The Morgan fingerprint density at radius 3 is 1.86 bits per heavy atom. The molecule has 3 aromatic rings. The van der Waals surface area contributed by atoms with Crippen molar-refractivity contribution in [2.24, 2.45) is 0 Å². The molecule has 0 saturated heterocycles. The Labute approximate surface area is 170 Å². The summed E-state index contributed by atoms with van der Waals surface area (Å²) in [5, 5.41) is 4.95. The average Bonchev–Trinajstić information content (AvgIpc) is 2.74. The van der Waals surface area contributed by atoms with E-state index in [-0.39, 0.29) is 0 Å². The van der Waals surface area contributed by atoms with Gasteiger partial charge in [-0.25, -0.2) is 0 Å². The van der Waals surface area contributed by atoms with Crippen LogP contribution >= 0.6 is 0 Å². The largest absolute Gasteiger partial charge is 0.492 e. The van der Waals surface area contributed by atoms with Gasteiger partial charge < -0.3 is 9.64 Å². The molecular formula is C26H35NO. The maximum Gasteiger partial charge on any atom is 0.134 e. The maximum absolute atomic E-state index is 6.31. The van der Waals surface area contributed by atoms with Crippen LogP contribution in [0.2, 0.25) is 0 Å². The zero-order valence-corrected chi connectivity index (χ0v) is 17.6. The summed E-state index contributed by atoms with van der Waals surface area (Å²) in [4.78, 5) is 2.40. The Hall–Kier alpha value is -2.06. The molecule has 150 valence electrons. The molecule has 0 aliphatic carbocycles. The summed E-state index contributed by atoms with van der Waals surface area (Å²) >= 11 is 0. The van der Waals surface area contributed by atoms with Crippen LogP contribution in [0.5, 0.6) is 5.75 Å². The molecule has 2 nitrogen and oxygen atoms in total. The van der Waals surface area contributed by atoms with Gasteiger partial charge in [0, 0.05) is 10.8 Å². The lowest BCUT2D eigenvalue weighted by Crippen LogP contribution is -2.18. The number of ether oxygens (including phenoxy) is 1. The number of benzene rings is 3. The van der Waals surface area contributed by atoms with Crippen molar-refractivity contribution >= 4 is 21.5 Å². The van der Waals surface area contributed by atoms with Gasteiger partial charge in [0.05, 0.1) is 6.61 Å². The van der Waals surface area contributed by atoms with E-state index in [1.165, 1.54) is 66.6 Å². The molecular weight excluding hydrogens is 342 g/mol. The molecule has 0 N–H and O–H groups in total. The molecule has 0 aliphatic heterocycles. The average molecular weight is 378 g/mol. The molecule has 0 unspecified atom stereocenters. The van der Waals surface area contributed by atoms with Crippen LogP contribution in [-0.4, -0.2) is 31.6 Å². The molecule has 0 aliphatic rings. The minimum Gasteiger partial charge on any atom is -0.492 e. The van der Waals surface area contributed by atoms with Gasteiger partial charge in [0.25, 0.3) is 0 Å². The predicted octanol–water partition coefficient (Wildman–Crippen LogP) is 7.05.